The first-order valence-electron chi connectivity index (χ1n) is 8.83. The van der Waals surface area contributed by atoms with E-state index < -0.39 is 0 Å². The van der Waals surface area contributed by atoms with Gasteiger partial charge in [0, 0.05) is 33.3 Å². The van der Waals surface area contributed by atoms with Crippen molar-refractivity contribution in [2.75, 3.05) is 40.0 Å². The minimum atomic E-state index is -0.0428. The van der Waals surface area contributed by atoms with Crippen LogP contribution in [0.1, 0.15) is 12.0 Å². The Labute approximate surface area is 148 Å². The second-order valence-electron chi connectivity index (χ2n) is 6.35. The van der Waals surface area contributed by atoms with Crippen LogP contribution in [0.3, 0.4) is 0 Å². The molecule has 25 heavy (non-hydrogen) atoms. The molecule has 1 fully saturated rings. The van der Waals surface area contributed by atoms with Gasteiger partial charge in [-0.05, 0) is 16.3 Å². The first-order valence-corrected chi connectivity index (χ1v) is 8.83. The zero-order valence-corrected chi connectivity index (χ0v) is 14.7. The van der Waals surface area contributed by atoms with E-state index in [0.29, 0.717) is 32.7 Å². The van der Waals surface area contributed by atoms with Crippen LogP contribution in [0, 0.1) is 0 Å². The average Bonchev–Trinajstić information content (AvgIpc) is 2.66. The van der Waals surface area contributed by atoms with E-state index in [1.807, 2.05) is 23.1 Å². The summed E-state index contributed by atoms with van der Waals surface area (Å²) >= 11 is 0. The van der Waals surface area contributed by atoms with Gasteiger partial charge in [-0.3, -0.25) is 4.79 Å². The molecule has 0 aromatic heterocycles. The zero-order chi connectivity index (χ0) is 17.5. The fourth-order valence-electron chi connectivity index (χ4n) is 3.20. The van der Waals surface area contributed by atoms with Gasteiger partial charge in [-0.25, -0.2) is 0 Å². The first kappa shape index (κ1) is 17.9. The third kappa shape index (κ3) is 4.78. The van der Waals surface area contributed by atoms with Gasteiger partial charge in [-0.2, -0.15) is 0 Å². The van der Waals surface area contributed by atoms with E-state index in [2.05, 4.69) is 29.6 Å². The molecular formula is C20H26N2O3. The Bertz CT molecular complexity index is 693. The highest BCUT2D eigenvalue weighted by Crippen LogP contribution is 2.20. The van der Waals surface area contributed by atoms with Crippen molar-refractivity contribution >= 4 is 16.7 Å². The number of morpholine rings is 1. The van der Waals surface area contributed by atoms with Gasteiger partial charge in [-0.15, -0.1) is 0 Å². The molecule has 1 amide bonds. The molecule has 5 nitrogen and oxygen atoms in total. The van der Waals surface area contributed by atoms with E-state index >= 15 is 0 Å². The molecule has 5 heteroatoms. The van der Waals surface area contributed by atoms with Crippen LogP contribution < -0.4 is 5.32 Å². The van der Waals surface area contributed by atoms with Crippen molar-refractivity contribution in [3.63, 3.8) is 0 Å². The van der Waals surface area contributed by atoms with Gasteiger partial charge in [-0.1, -0.05) is 42.5 Å². The number of carbonyl (C=O) groups is 1. The number of carbonyl (C=O) groups excluding carboxylic acids is 1. The van der Waals surface area contributed by atoms with Crippen molar-refractivity contribution in [1.29, 1.82) is 0 Å². The quantitative estimate of drug-likeness (QED) is 0.838. The molecule has 0 aliphatic carbocycles. The van der Waals surface area contributed by atoms with E-state index in [-0.39, 0.29) is 12.0 Å². The summed E-state index contributed by atoms with van der Waals surface area (Å²) in [4.78, 5) is 14.7. The highest BCUT2D eigenvalue weighted by molar-refractivity contribution is 5.86. The molecule has 1 saturated heterocycles. The highest BCUT2D eigenvalue weighted by Gasteiger charge is 2.22. The van der Waals surface area contributed by atoms with E-state index in [4.69, 9.17) is 9.47 Å². The maximum atomic E-state index is 12.8. The molecule has 0 saturated carbocycles. The van der Waals surface area contributed by atoms with Crippen molar-refractivity contribution in [1.82, 2.24) is 10.2 Å². The SMILES string of the molecule is COCCN(Cc1cccc2ccccc12)C(=O)C[C@@H]1CNCCO1. The summed E-state index contributed by atoms with van der Waals surface area (Å²) in [7, 11) is 1.66. The van der Waals surface area contributed by atoms with Crippen LogP contribution in [0.4, 0.5) is 0 Å². The molecule has 0 radical (unpaired) electrons. The zero-order valence-electron chi connectivity index (χ0n) is 14.7. The number of ether oxygens (including phenoxy) is 2. The number of rotatable bonds is 7. The average molecular weight is 342 g/mol. The number of benzene rings is 2. The molecule has 1 heterocycles. The molecule has 2 aromatic rings. The van der Waals surface area contributed by atoms with Crippen LogP contribution >= 0.6 is 0 Å². The molecule has 1 aliphatic rings. The van der Waals surface area contributed by atoms with Gasteiger partial charge in [0.25, 0.3) is 0 Å². The minimum Gasteiger partial charge on any atom is -0.383 e. The Kier molecular flexibility index (Phi) is 6.39. The van der Waals surface area contributed by atoms with Gasteiger partial charge in [0.1, 0.15) is 0 Å². The van der Waals surface area contributed by atoms with Crippen LogP contribution in [0.15, 0.2) is 42.5 Å². The molecular weight excluding hydrogens is 316 g/mol. The number of nitrogens with one attached hydrogen (secondary N) is 1. The first-order chi connectivity index (χ1) is 12.3. The molecule has 134 valence electrons. The molecule has 0 bridgehead atoms. The largest absolute Gasteiger partial charge is 0.383 e. The summed E-state index contributed by atoms with van der Waals surface area (Å²) in [6.45, 7) is 3.95. The number of fused-ring (bicyclic) bond motifs is 1. The van der Waals surface area contributed by atoms with Gasteiger partial charge < -0.3 is 19.7 Å². The van der Waals surface area contributed by atoms with Gasteiger partial charge in [0.15, 0.2) is 0 Å². The molecule has 1 atom stereocenters. The molecule has 0 spiro atoms. The Hall–Kier alpha value is -1.95. The van der Waals surface area contributed by atoms with E-state index in [1.165, 1.54) is 10.8 Å². The molecule has 1 aliphatic heterocycles. The molecule has 3 rings (SSSR count). The van der Waals surface area contributed by atoms with Crippen LogP contribution in [0.25, 0.3) is 10.8 Å². The second-order valence-corrected chi connectivity index (χ2v) is 6.35. The van der Waals surface area contributed by atoms with Gasteiger partial charge in [0.2, 0.25) is 5.91 Å². The highest BCUT2D eigenvalue weighted by atomic mass is 16.5. The molecule has 2 aromatic carbocycles. The number of methoxy groups -OCH3 is 1. The standard InChI is InChI=1S/C20H26N2O3/c1-24-12-10-22(20(23)13-18-14-21-9-11-25-18)15-17-7-4-6-16-5-2-3-8-19(16)17/h2-8,18,21H,9-15H2,1H3/t18-/m1/s1. The van der Waals surface area contributed by atoms with Crippen molar-refractivity contribution in [3.8, 4) is 0 Å². The monoisotopic (exact) mass is 342 g/mol. The van der Waals surface area contributed by atoms with Crippen molar-refractivity contribution in [3.05, 3.63) is 48.0 Å². The van der Waals surface area contributed by atoms with E-state index in [0.717, 1.165) is 18.7 Å². The van der Waals surface area contributed by atoms with Crippen LogP contribution in [0.5, 0.6) is 0 Å². The lowest BCUT2D eigenvalue weighted by Gasteiger charge is -2.28. The molecule has 1 N–H and O–H groups in total. The third-order valence-corrected chi connectivity index (χ3v) is 4.57. The summed E-state index contributed by atoms with van der Waals surface area (Å²) in [6, 6.07) is 14.5. The van der Waals surface area contributed by atoms with E-state index in [1.54, 1.807) is 7.11 Å². The van der Waals surface area contributed by atoms with Gasteiger partial charge >= 0.3 is 0 Å². The Balaban J connectivity index is 1.74. The number of nitrogens with zero attached hydrogens (tertiary/aromatic N) is 1. The fraction of sp³-hybridized carbons (Fsp3) is 0.450. The predicted molar refractivity (Wildman–Crippen MR) is 98.5 cm³/mol. The number of amides is 1. The smallest absolute Gasteiger partial charge is 0.225 e. The number of hydrogen-bond acceptors (Lipinski definition) is 4. The Morgan fingerprint density at radius 2 is 2.12 bits per heavy atom. The van der Waals surface area contributed by atoms with Crippen LogP contribution in [0.2, 0.25) is 0 Å². The summed E-state index contributed by atoms with van der Waals surface area (Å²) in [6.07, 6.45) is 0.361. The topological polar surface area (TPSA) is 50.8 Å². The van der Waals surface area contributed by atoms with Crippen molar-refractivity contribution in [2.45, 2.75) is 19.1 Å². The van der Waals surface area contributed by atoms with Gasteiger partial charge in [0.05, 0.1) is 25.7 Å². The predicted octanol–water partition coefficient (Wildman–Crippen LogP) is 2.19. The Morgan fingerprint density at radius 3 is 2.92 bits per heavy atom. The van der Waals surface area contributed by atoms with Crippen LogP contribution in [-0.2, 0) is 20.8 Å². The summed E-state index contributed by atoms with van der Waals surface area (Å²) in [5.41, 5.74) is 1.16. The summed E-state index contributed by atoms with van der Waals surface area (Å²) < 4.78 is 10.9. The lowest BCUT2D eigenvalue weighted by molar-refractivity contribution is -0.136. The lowest BCUT2D eigenvalue weighted by atomic mass is 10.0. The Morgan fingerprint density at radius 1 is 1.28 bits per heavy atom. The fourth-order valence-corrected chi connectivity index (χ4v) is 3.20. The second kappa shape index (κ2) is 8.94. The van der Waals surface area contributed by atoms with Crippen molar-refractivity contribution < 1.29 is 14.3 Å². The normalized spacial score (nSPS) is 17.6. The van der Waals surface area contributed by atoms with Crippen LogP contribution in [-0.4, -0.2) is 56.9 Å². The minimum absolute atomic E-state index is 0.0428. The number of hydrogen-bond donors (Lipinski definition) is 1. The maximum Gasteiger partial charge on any atom is 0.225 e. The maximum absolute atomic E-state index is 12.8. The van der Waals surface area contributed by atoms with Crippen molar-refractivity contribution in [2.24, 2.45) is 0 Å². The lowest BCUT2D eigenvalue weighted by Crippen LogP contribution is -2.43. The van der Waals surface area contributed by atoms with E-state index in [9.17, 15) is 4.79 Å². The molecule has 0 unspecified atom stereocenters. The summed E-state index contributed by atoms with van der Waals surface area (Å²) in [5.74, 6) is 0.110. The third-order valence-electron chi connectivity index (χ3n) is 4.57. The summed E-state index contributed by atoms with van der Waals surface area (Å²) in [5, 5.41) is 5.66.